The minimum absolute atomic E-state index is 0.194. The molecule has 19 atom stereocenters. The molecule has 5 fully saturated rings. The lowest BCUT2D eigenvalue weighted by Gasteiger charge is -2.49. The van der Waals surface area contributed by atoms with Gasteiger partial charge >= 0.3 is 5.97 Å². The van der Waals surface area contributed by atoms with Crippen molar-refractivity contribution in [2.75, 3.05) is 21.2 Å². The summed E-state index contributed by atoms with van der Waals surface area (Å²) in [6.07, 6.45) is -6.22. The lowest BCUT2D eigenvalue weighted by atomic mass is 9.77. The molecule has 0 saturated carbocycles. The zero-order valence-corrected chi connectivity index (χ0v) is 32.5. The number of carbonyl (C=O) groups excluding carboxylic acids is 1. The van der Waals surface area contributed by atoms with Gasteiger partial charge in [-0.2, -0.15) is 0 Å². The Bertz CT molecular complexity index is 1210. The first-order chi connectivity index (χ1) is 23.2. The molecule has 0 radical (unpaired) electrons. The third kappa shape index (κ3) is 6.69. The molecule has 0 aromatic carbocycles. The SMILES string of the molecule is CC[C@@H]1OC(=O)[C@@H](C)[C@H](OC2C[C@@](C)(OC)[C@@H](O)[C@H](C)O2)C(C)[C@H](O[C@@H]2O[C@H](C)C[C@H](N(C)C)[C@H]2O)C2(C)CC(C)C3(O2)O[C@@]1(C)[C@@H](O)C3C. The van der Waals surface area contributed by atoms with Crippen molar-refractivity contribution >= 4 is 5.97 Å². The number of esters is 1. The normalized spacial score (nSPS) is 54.7. The first-order valence-electron chi connectivity index (χ1n) is 18.7. The largest absolute Gasteiger partial charge is 0.459 e. The number of fused-ring (bicyclic) bond motifs is 2. The highest BCUT2D eigenvalue weighted by molar-refractivity contribution is 5.73. The summed E-state index contributed by atoms with van der Waals surface area (Å²) in [5.74, 6) is -3.80. The fourth-order valence-corrected chi connectivity index (χ4v) is 9.81. The maximum absolute atomic E-state index is 14.2. The van der Waals surface area contributed by atoms with Gasteiger partial charge in [-0.3, -0.25) is 4.79 Å². The third-order valence-corrected chi connectivity index (χ3v) is 12.9. The van der Waals surface area contributed by atoms with Crippen LogP contribution in [0.25, 0.3) is 0 Å². The summed E-state index contributed by atoms with van der Waals surface area (Å²) >= 11 is 0. The van der Waals surface area contributed by atoms with E-state index >= 15 is 0 Å². The predicted molar refractivity (Wildman–Crippen MR) is 182 cm³/mol. The molecule has 5 aliphatic rings. The summed E-state index contributed by atoms with van der Waals surface area (Å²) in [6, 6.07) is -0.218. The number of cyclic esters (lactones) is 1. The summed E-state index contributed by atoms with van der Waals surface area (Å²) in [7, 11) is 5.39. The van der Waals surface area contributed by atoms with E-state index in [-0.39, 0.29) is 24.5 Å². The zero-order chi connectivity index (χ0) is 37.3. The smallest absolute Gasteiger partial charge is 0.311 e. The summed E-state index contributed by atoms with van der Waals surface area (Å²) in [6.45, 7) is 18.9. The number of aliphatic hydroxyl groups excluding tert-OH is 3. The van der Waals surface area contributed by atoms with Crippen LogP contribution >= 0.6 is 0 Å². The van der Waals surface area contributed by atoms with Gasteiger partial charge in [0, 0.05) is 37.3 Å². The average molecular weight is 716 g/mol. The molecule has 5 aliphatic heterocycles. The first-order valence-corrected chi connectivity index (χ1v) is 18.7. The lowest BCUT2D eigenvalue weighted by Crippen LogP contribution is -2.61. The van der Waals surface area contributed by atoms with Crippen molar-refractivity contribution < 1.29 is 58.0 Å². The molecule has 0 aromatic heterocycles. The number of nitrogens with zero attached hydrogens (tertiary/aromatic N) is 1. The van der Waals surface area contributed by atoms with Gasteiger partial charge in [0.25, 0.3) is 0 Å². The number of rotatable bonds is 7. The molecule has 13 nitrogen and oxygen atoms in total. The molecule has 13 heteroatoms. The Morgan fingerprint density at radius 1 is 0.920 bits per heavy atom. The summed E-state index contributed by atoms with van der Waals surface area (Å²) in [4.78, 5) is 16.2. The summed E-state index contributed by atoms with van der Waals surface area (Å²) < 4.78 is 52.3. The van der Waals surface area contributed by atoms with E-state index in [1.54, 1.807) is 27.9 Å². The Hall–Kier alpha value is -0.970. The van der Waals surface area contributed by atoms with Gasteiger partial charge in [-0.1, -0.05) is 27.7 Å². The molecule has 3 N–H and O–H groups in total. The van der Waals surface area contributed by atoms with Gasteiger partial charge in [-0.15, -0.1) is 0 Å². The number of aliphatic hydroxyl groups is 3. The number of methoxy groups -OCH3 is 1. The quantitative estimate of drug-likeness (QED) is 0.331. The van der Waals surface area contributed by atoms with Crippen LogP contribution in [0.5, 0.6) is 0 Å². The minimum atomic E-state index is -1.25. The fourth-order valence-electron chi connectivity index (χ4n) is 9.81. The highest BCUT2D eigenvalue weighted by atomic mass is 16.8. The molecular formula is C37H65NO12. The van der Waals surface area contributed by atoms with Gasteiger partial charge in [-0.05, 0) is 74.9 Å². The number of carbonyl (C=O) groups is 1. The maximum Gasteiger partial charge on any atom is 0.311 e. The van der Waals surface area contributed by atoms with E-state index in [1.165, 1.54) is 0 Å². The van der Waals surface area contributed by atoms with E-state index < -0.39 is 102 Å². The molecule has 6 unspecified atom stereocenters. The van der Waals surface area contributed by atoms with E-state index in [0.717, 1.165) is 0 Å². The Balaban J connectivity index is 1.62. The number of likely N-dealkylation sites (N-methyl/N-ethyl adjacent to an activating group) is 1. The molecule has 5 saturated heterocycles. The highest BCUT2D eigenvalue weighted by Crippen LogP contribution is 2.59. The highest BCUT2D eigenvalue weighted by Gasteiger charge is 2.71. The number of ether oxygens (including phenoxy) is 8. The number of hydrogen-bond donors (Lipinski definition) is 3. The average Bonchev–Trinajstić information content (AvgIpc) is 3.42. The van der Waals surface area contributed by atoms with Crippen LogP contribution in [-0.4, -0.2) is 137 Å². The zero-order valence-electron chi connectivity index (χ0n) is 32.5. The monoisotopic (exact) mass is 715 g/mol. The van der Waals surface area contributed by atoms with Gasteiger partial charge in [0.05, 0.1) is 47.6 Å². The minimum Gasteiger partial charge on any atom is -0.459 e. The second kappa shape index (κ2) is 14.4. The van der Waals surface area contributed by atoms with E-state index in [4.69, 9.17) is 37.9 Å². The van der Waals surface area contributed by atoms with Crippen molar-refractivity contribution in [2.45, 2.75) is 185 Å². The fraction of sp³-hybridized carbons (Fsp3) is 0.973. The molecule has 1 spiro atoms. The molecule has 0 aromatic rings. The van der Waals surface area contributed by atoms with E-state index in [2.05, 4.69) is 6.92 Å². The van der Waals surface area contributed by atoms with Crippen LogP contribution in [-0.2, 0) is 42.7 Å². The summed E-state index contributed by atoms with van der Waals surface area (Å²) in [5.41, 5.74) is -3.25. The Kier molecular flexibility index (Phi) is 11.5. The van der Waals surface area contributed by atoms with Crippen molar-refractivity contribution in [3.63, 3.8) is 0 Å². The predicted octanol–water partition coefficient (Wildman–Crippen LogP) is 2.99. The van der Waals surface area contributed by atoms with Crippen LogP contribution < -0.4 is 0 Å². The van der Waals surface area contributed by atoms with Crippen LogP contribution in [0.4, 0.5) is 0 Å². The van der Waals surface area contributed by atoms with Crippen molar-refractivity contribution in [1.82, 2.24) is 4.90 Å². The van der Waals surface area contributed by atoms with Crippen LogP contribution in [0.3, 0.4) is 0 Å². The molecule has 5 rings (SSSR count). The summed E-state index contributed by atoms with van der Waals surface area (Å²) in [5, 5.41) is 34.4. The van der Waals surface area contributed by atoms with Crippen LogP contribution in [0, 0.1) is 23.7 Å². The molecule has 5 heterocycles. The molecular weight excluding hydrogens is 650 g/mol. The Morgan fingerprint density at radius 2 is 1.58 bits per heavy atom. The number of hydrogen-bond acceptors (Lipinski definition) is 13. The molecule has 290 valence electrons. The van der Waals surface area contributed by atoms with Crippen LogP contribution in [0.1, 0.15) is 94.9 Å². The topological polar surface area (TPSA) is 155 Å². The molecule has 0 amide bonds. The van der Waals surface area contributed by atoms with Gasteiger partial charge in [0.2, 0.25) is 0 Å². The Morgan fingerprint density at radius 3 is 2.18 bits per heavy atom. The molecule has 0 aliphatic carbocycles. The molecule has 3 bridgehead atoms. The standard InChI is InChI=1S/C37H65NO12/c1-14-25-36(10)29(40)22(6)37(50-36)18(2)16-35(9,49-37)31(48-33-27(39)24(38(11)12)15-19(3)44-33)20(4)28(21(5)32(42)46-25)47-26-17-34(8,43-13)30(41)23(7)45-26/h18-31,33,39-41H,14-17H2,1-13H3/t18?,19-,20?,21+,22?,23+,24+,25+,26?,27-,28-,29+,30+,31+,33+,34-,35?,36-,37?/m1/s1. The van der Waals surface area contributed by atoms with Crippen molar-refractivity contribution in [3.8, 4) is 0 Å². The van der Waals surface area contributed by atoms with Crippen molar-refractivity contribution in [1.29, 1.82) is 0 Å². The van der Waals surface area contributed by atoms with Gasteiger partial charge in [-0.25, -0.2) is 0 Å². The first kappa shape index (κ1) is 40.2. The van der Waals surface area contributed by atoms with Gasteiger partial charge in [0.15, 0.2) is 18.4 Å². The molecule has 50 heavy (non-hydrogen) atoms. The van der Waals surface area contributed by atoms with Crippen molar-refractivity contribution in [2.24, 2.45) is 23.7 Å². The second-order valence-electron chi connectivity index (χ2n) is 16.9. The lowest BCUT2D eigenvalue weighted by molar-refractivity contribution is -0.344. The second-order valence-corrected chi connectivity index (χ2v) is 16.9. The maximum atomic E-state index is 14.2. The van der Waals surface area contributed by atoms with Gasteiger partial charge in [0.1, 0.15) is 23.9 Å². The van der Waals surface area contributed by atoms with E-state index in [9.17, 15) is 20.1 Å². The Labute approximate surface area is 298 Å². The van der Waals surface area contributed by atoms with E-state index in [0.29, 0.717) is 19.3 Å². The van der Waals surface area contributed by atoms with E-state index in [1.807, 2.05) is 60.5 Å². The van der Waals surface area contributed by atoms with Gasteiger partial charge < -0.3 is 58.1 Å². The van der Waals surface area contributed by atoms with Crippen molar-refractivity contribution in [3.05, 3.63) is 0 Å². The third-order valence-electron chi connectivity index (χ3n) is 12.9. The van der Waals surface area contributed by atoms with Crippen LogP contribution in [0.15, 0.2) is 0 Å². The van der Waals surface area contributed by atoms with Crippen LogP contribution in [0.2, 0.25) is 0 Å².